The summed E-state index contributed by atoms with van der Waals surface area (Å²) in [5, 5.41) is 8.00. The van der Waals surface area contributed by atoms with E-state index in [2.05, 4.69) is 10.4 Å². The normalized spacial score (nSPS) is 11.8. The topological polar surface area (TPSA) is 65.4 Å². The van der Waals surface area contributed by atoms with E-state index in [0.29, 0.717) is 22.1 Å². The van der Waals surface area contributed by atoms with Crippen molar-refractivity contribution in [2.45, 2.75) is 26.5 Å². The van der Waals surface area contributed by atoms with Crippen LogP contribution in [0, 0.1) is 6.92 Å². The molecule has 1 heterocycles. The number of methoxy groups -OCH3 is 1. The lowest BCUT2D eigenvalue weighted by Crippen LogP contribution is -2.27. The fraction of sp³-hybridized carbons (Fsp3) is 0.273. The van der Waals surface area contributed by atoms with Gasteiger partial charge in [0.2, 0.25) is 0 Å². The first-order valence-corrected chi connectivity index (χ1v) is 9.61. The minimum Gasteiger partial charge on any atom is -0.496 e. The minimum absolute atomic E-state index is 0.160. The summed E-state index contributed by atoms with van der Waals surface area (Å²) in [5.74, 6) is 1.18. The van der Waals surface area contributed by atoms with Crippen LogP contribution in [-0.4, -0.2) is 22.8 Å². The molecule has 152 valence electrons. The van der Waals surface area contributed by atoms with Gasteiger partial charge < -0.3 is 14.8 Å². The van der Waals surface area contributed by atoms with Crippen molar-refractivity contribution < 1.29 is 14.3 Å². The third kappa shape index (κ3) is 5.09. The van der Waals surface area contributed by atoms with Crippen LogP contribution in [0.25, 0.3) is 0 Å². The summed E-state index contributed by atoms with van der Waals surface area (Å²) >= 11 is 5.90. The molecule has 0 radical (unpaired) electrons. The Kier molecular flexibility index (Phi) is 6.44. The van der Waals surface area contributed by atoms with E-state index in [1.54, 1.807) is 54.3 Å². The largest absolute Gasteiger partial charge is 0.496 e. The third-order valence-corrected chi connectivity index (χ3v) is 4.87. The first kappa shape index (κ1) is 20.7. The van der Waals surface area contributed by atoms with Gasteiger partial charge in [-0.15, -0.1) is 0 Å². The average Bonchev–Trinajstić information content (AvgIpc) is 3.05. The highest BCUT2D eigenvalue weighted by Crippen LogP contribution is 2.24. The fourth-order valence-electron chi connectivity index (χ4n) is 3.13. The molecule has 0 bridgehead atoms. The molecule has 3 aromatic rings. The highest BCUT2D eigenvalue weighted by Gasteiger charge is 2.17. The number of aromatic nitrogens is 2. The van der Waals surface area contributed by atoms with E-state index >= 15 is 0 Å². The van der Waals surface area contributed by atoms with Crippen LogP contribution < -0.4 is 14.8 Å². The van der Waals surface area contributed by atoms with Gasteiger partial charge in [0.25, 0.3) is 5.91 Å². The molecule has 0 aliphatic rings. The van der Waals surface area contributed by atoms with Crippen LogP contribution in [0.1, 0.15) is 40.1 Å². The van der Waals surface area contributed by atoms with E-state index < -0.39 is 0 Å². The number of halogens is 1. The quantitative estimate of drug-likeness (QED) is 0.621. The molecule has 0 saturated heterocycles. The van der Waals surface area contributed by atoms with Gasteiger partial charge in [-0.05, 0) is 56.3 Å². The van der Waals surface area contributed by atoms with E-state index in [1.807, 2.05) is 27.1 Å². The van der Waals surface area contributed by atoms with E-state index in [9.17, 15) is 4.79 Å². The van der Waals surface area contributed by atoms with Crippen LogP contribution in [0.3, 0.4) is 0 Å². The summed E-state index contributed by atoms with van der Waals surface area (Å²) < 4.78 is 13.0. The van der Waals surface area contributed by atoms with Crippen molar-refractivity contribution in [3.63, 3.8) is 0 Å². The molecular weight excluding hydrogens is 390 g/mol. The number of nitrogens with zero attached hydrogens (tertiary/aromatic N) is 2. The zero-order valence-electron chi connectivity index (χ0n) is 16.9. The molecule has 1 amide bonds. The minimum atomic E-state index is -0.170. The molecule has 0 fully saturated rings. The Balaban J connectivity index is 1.73. The SMILES string of the molecule is COc1ccc(C(=O)NC(C)c2cn(C)nc2C)cc1COc1ccc(Cl)cc1. The molecular formula is C22H24ClN3O3. The molecule has 0 spiro atoms. The molecule has 0 aliphatic heterocycles. The number of hydrogen-bond donors (Lipinski definition) is 1. The van der Waals surface area contributed by atoms with E-state index in [-0.39, 0.29) is 18.6 Å². The number of rotatable bonds is 7. The second-order valence-corrected chi connectivity index (χ2v) is 7.24. The molecule has 29 heavy (non-hydrogen) atoms. The van der Waals surface area contributed by atoms with Gasteiger partial charge in [0.1, 0.15) is 18.1 Å². The maximum atomic E-state index is 12.8. The summed E-state index contributed by atoms with van der Waals surface area (Å²) in [7, 11) is 3.45. The van der Waals surface area contributed by atoms with Crippen molar-refractivity contribution in [3.8, 4) is 11.5 Å². The maximum absolute atomic E-state index is 12.8. The van der Waals surface area contributed by atoms with Crippen molar-refractivity contribution in [1.82, 2.24) is 15.1 Å². The first-order chi connectivity index (χ1) is 13.9. The van der Waals surface area contributed by atoms with Crippen molar-refractivity contribution in [1.29, 1.82) is 0 Å². The number of aryl methyl sites for hydroxylation is 2. The van der Waals surface area contributed by atoms with Crippen molar-refractivity contribution in [2.75, 3.05) is 7.11 Å². The predicted molar refractivity (Wildman–Crippen MR) is 113 cm³/mol. The molecule has 6 nitrogen and oxygen atoms in total. The van der Waals surface area contributed by atoms with E-state index in [4.69, 9.17) is 21.1 Å². The van der Waals surface area contributed by atoms with Crippen LogP contribution >= 0.6 is 11.6 Å². The number of hydrogen-bond acceptors (Lipinski definition) is 4. The van der Waals surface area contributed by atoms with Gasteiger partial charge in [-0.1, -0.05) is 11.6 Å². The van der Waals surface area contributed by atoms with E-state index in [1.165, 1.54) is 0 Å². The number of nitrogens with one attached hydrogen (secondary N) is 1. The Morgan fingerprint density at radius 3 is 2.59 bits per heavy atom. The third-order valence-electron chi connectivity index (χ3n) is 4.62. The van der Waals surface area contributed by atoms with Crippen LogP contribution in [-0.2, 0) is 13.7 Å². The van der Waals surface area contributed by atoms with Gasteiger partial charge in [0.15, 0.2) is 0 Å². The predicted octanol–water partition coefficient (Wildman–Crippen LogP) is 4.46. The highest BCUT2D eigenvalue weighted by molar-refractivity contribution is 6.30. The molecule has 0 aliphatic carbocycles. The van der Waals surface area contributed by atoms with Crippen LogP contribution in [0.4, 0.5) is 0 Å². The summed E-state index contributed by atoms with van der Waals surface area (Å²) in [6.45, 7) is 4.14. The van der Waals surface area contributed by atoms with Gasteiger partial charge in [-0.25, -0.2) is 0 Å². The first-order valence-electron chi connectivity index (χ1n) is 9.23. The number of benzene rings is 2. The Bertz CT molecular complexity index is 999. The molecule has 3 rings (SSSR count). The number of amides is 1. The molecule has 1 N–H and O–H groups in total. The molecule has 1 atom stereocenters. The van der Waals surface area contributed by atoms with Crippen LogP contribution in [0.15, 0.2) is 48.7 Å². The Morgan fingerprint density at radius 1 is 1.24 bits per heavy atom. The molecule has 1 aromatic heterocycles. The fourth-order valence-corrected chi connectivity index (χ4v) is 3.25. The van der Waals surface area contributed by atoms with Crippen molar-refractivity contribution in [2.24, 2.45) is 7.05 Å². The summed E-state index contributed by atoms with van der Waals surface area (Å²) in [6, 6.07) is 12.3. The summed E-state index contributed by atoms with van der Waals surface area (Å²) in [6.07, 6.45) is 1.92. The van der Waals surface area contributed by atoms with Crippen molar-refractivity contribution in [3.05, 3.63) is 76.1 Å². The Hall–Kier alpha value is -2.99. The van der Waals surface area contributed by atoms with Crippen LogP contribution in [0.2, 0.25) is 5.02 Å². The molecule has 0 saturated carbocycles. The lowest BCUT2D eigenvalue weighted by molar-refractivity contribution is 0.0939. The summed E-state index contributed by atoms with van der Waals surface area (Å²) in [4.78, 5) is 12.8. The Morgan fingerprint density at radius 2 is 1.97 bits per heavy atom. The van der Waals surface area contributed by atoms with Gasteiger partial charge in [0.05, 0.1) is 18.8 Å². The van der Waals surface area contributed by atoms with Gasteiger partial charge in [0, 0.05) is 35.0 Å². The highest BCUT2D eigenvalue weighted by atomic mass is 35.5. The number of carbonyl (C=O) groups excluding carboxylic acids is 1. The van der Waals surface area contributed by atoms with E-state index in [0.717, 1.165) is 16.8 Å². The molecule has 1 unspecified atom stereocenters. The molecule has 2 aromatic carbocycles. The van der Waals surface area contributed by atoms with Gasteiger partial charge in [-0.3, -0.25) is 9.48 Å². The number of ether oxygens (including phenoxy) is 2. The van der Waals surface area contributed by atoms with Crippen LogP contribution in [0.5, 0.6) is 11.5 Å². The lowest BCUT2D eigenvalue weighted by Gasteiger charge is -2.15. The second kappa shape index (κ2) is 9.01. The molecule has 7 heteroatoms. The maximum Gasteiger partial charge on any atom is 0.251 e. The Labute approximate surface area is 175 Å². The van der Waals surface area contributed by atoms with Crippen molar-refractivity contribution >= 4 is 17.5 Å². The smallest absolute Gasteiger partial charge is 0.251 e. The monoisotopic (exact) mass is 413 g/mol. The zero-order chi connectivity index (χ0) is 21.0. The lowest BCUT2D eigenvalue weighted by atomic mass is 10.1. The van der Waals surface area contributed by atoms with Gasteiger partial charge in [-0.2, -0.15) is 5.10 Å². The number of carbonyl (C=O) groups is 1. The van der Waals surface area contributed by atoms with Gasteiger partial charge >= 0.3 is 0 Å². The second-order valence-electron chi connectivity index (χ2n) is 6.81. The average molecular weight is 414 g/mol. The summed E-state index contributed by atoms with van der Waals surface area (Å²) in [5.41, 5.74) is 3.20. The standard InChI is InChI=1S/C22H24ClN3O3/c1-14(20-12-26(3)25-15(20)2)24-22(27)16-5-10-21(28-4)17(11-16)13-29-19-8-6-18(23)7-9-19/h5-12,14H,13H2,1-4H3,(H,24,27). The zero-order valence-corrected chi connectivity index (χ0v) is 17.7.